The second-order valence-electron chi connectivity index (χ2n) is 4.98. The van der Waals surface area contributed by atoms with E-state index in [-0.39, 0.29) is 0 Å². The summed E-state index contributed by atoms with van der Waals surface area (Å²) in [7, 11) is 0. The molecule has 17 heavy (non-hydrogen) atoms. The summed E-state index contributed by atoms with van der Waals surface area (Å²) in [5, 5.41) is 12.0. The predicted octanol–water partition coefficient (Wildman–Crippen LogP) is 2.90. The minimum Gasteiger partial charge on any atom is -0.481 e. The van der Waals surface area contributed by atoms with Crippen LogP contribution in [0.4, 0.5) is 0 Å². The molecule has 100 valence electrons. The summed E-state index contributed by atoms with van der Waals surface area (Å²) >= 11 is 2.01. The normalized spacial score (nSPS) is 19.1. The summed E-state index contributed by atoms with van der Waals surface area (Å²) in [6.07, 6.45) is 11.1. The quantitative estimate of drug-likeness (QED) is 0.658. The van der Waals surface area contributed by atoms with E-state index in [1.54, 1.807) is 0 Å². The number of unbranched alkanes of at least 4 members (excludes halogenated alkanes) is 1. The molecular formula is C13H25NO2S. The number of thioether (sulfide) groups is 1. The van der Waals surface area contributed by atoms with E-state index in [4.69, 9.17) is 5.11 Å². The van der Waals surface area contributed by atoms with Crippen LogP contribution in [0.2, 0.25) is 0 Å². The van der Waals surface area contributed by atoms with Crippen LogP contribution in [0.3, 0.4) is 0 Å². The number of carbonyl (C=O) groups is 1. The maximum Gasteiger partial charge on any atom is 0.303 e. The zero-order valence-corrected chi connectivity index (χ0v) is 11.7. The van der Waals surface area contributed by atoms with Crippen molar-refractivity contribution in [2.45, 2.75) is 56.1 Å². The molecule has 1 rings (SSSR count). The molecule has 1 saturated carbocycles. The van der Waals surface area contributed by atoms with Gasteiger partial charge >= 0.3 is 5.97 Å². The highest BCUT2D eigenvalue weighted by Crippen LogP contribution is 2.37. The number of carboxylic acids is 1. The first-order chi connectivity index (χ1) is 8.18. The lowest BCUT2D eigenvalue weighted by Gasteiger charge is -2.36. The van der Waals surface area contributed by atoms with E-state index in [0.29, 0.717) is 11.2 Å². The molecule has 0 heterocycles. The lowest BCUT2D eigenvalue weighted by molar-refractivity contribution is -0.137. The number of hydrogen-bond acceptors (Lipinski definition) is 3. The van der Waals surface area contributed by atoms with Crippen LogP contribution in [0.15, 0.2) is 0 Å². The third kappa shape index (κ3) is 5.77. The van der Waals surface area contributed by atoms with Crippen molar-refractivity contribution < 1.29 is 9.90 Å². The van der Waals surface area contributed by atoms with Gasteiger partial charge in [-0.15, -0.1) is 0 Å². The van der Waals surface area contributed by atoms with Gasteiger partial charge in [-0.1, -0.05) is 19.3 Å². The maximum atomic E-state index is 10.4. The number of carboxylic acid groups (broad SMARTS) is 1. The van der Waals surface area contributed by atoms with Crippen molar-refractivity contribution in [1.29, 1.82) is 0 Å². The number of aliphatic carboxylic acids is 1. The van der Waals surface area contributed by atoms with E-state index >= 15 is 0 Å². The van der Waals surface area contributed by atoms with Gasteiger partial charge in [-0.05, 0) is 38.5 Å². The first-order valence-electron chi connectivity index (χ1n) is 6.66. The van der Waals surface area contributed by atoms with E-state index in [1.807, 2.05) is 11.8 Å². The average molecular weight is 259 g/mol. The molecule has 0 amide bonds. The van der Waals surface area contributed by atoms with Gasteiger partial charge in [0.05, 0.1) is 0 Å². The molecule has 4 heteroatoms. The molecule has 0 saturated heterocycles. The largest absolute Gasteiger partial charge is 0.481 e. The Kier molecular flexibility index (Phi) is 6.97. The molecule has 0 radical (unpaired) electrons. The molecule has 0 aromatic carbocycles. The highest BCUT2D eigenvalue weighted by molar-refractivity contribution is 8.00. The molecule has 3 nitrogen and oxygen atoms in total. The van der Waals surface area contributed by atoms with Crippen LogP contribution in [-0.2, 0) is 4.79 Å². The Hall–Kier alpha value is -0.220. The monoisotopic (exact) mass is 259 g/mol. The third-order valence-corrected chi connectivity index (χ3v) is 5.06. The Labute approximate surface area is 109 Å². The molecule has 0 bridgehead atoms. The first kappa shape index (κ1) is 14.8. The van der Waals surface area contributed by atoms with Crippen molar-refractivity contribution in [2.75, 3.05) is 19.3 Å². The van der Waals surface area contributed by atoms with Crippen LogP contribution in [0.1, 0.15) is 51.4 Å². The molecule has 0 unspecified atom stereocenters. The van der Waals surface area contributed by atoms with E-state index in [2.05, 4.69) is 11.6 Å². The summed E-state index contributed by atoms with van der Waals surface area (Å²) in [4.78, 5) is 10.4. The van der Waals surface area contributed by atoms with Gasteiger partial charge in [0, 0.05) is 17.7 Å². The van der Waals surface area contributed by atoms with Gasteiger partial charge in [0.25, 0.3) is 0 Å². The van der Waals surface area contributed by atoms with Gasteiger partial charge < -0.3 is 10.4 Å². The Morgan fingerprint density at radius 2 is 2.00 bits per heavy atom. The minimum atomic E-state index is -0.683. The molecule has 0 atom stereocenters. The van der Waals surface area contributed by atoms with Crippen LogP contribution < -0.4 is 5.32 Å². The highest BCUT2D eigenvalue weighted by Gasteiger charge is 2.30. The Morgan fingerprint density at radius 3 is 2.59 bits per heavy atom. The molecule has 0 spiro atoms. The van der Waals surface area contributed by atoms with Crippen LogP contribution in [0, 0.1) is 0 Å². The number of hydrogen-bond donors (Lipinski definition) is 2. The summed E-state index contributed by atoms with van der Waals surface area (Å²) in [6, 6.07) is 0. The lowest BCUT2D eigenvalue weighted by atomic mass is 9.88. The molecule has 0 aromatic rings. The average Bonchev–Trinajstić information content (AvgIpc) is 2.34. The van der Waals surface area contributed by atoms with E-state index in [9.17, 15) is 4.79 Å². The molecule has 1 aliphatic carbocycles. The Balaban J connectivity index is 2.09. The van der Waals surface area contributed by atoms with Gasteiger partial charge in [0.1, 0.15) is 0 Å². The number of nitrogens with one attached hydrogen (secondary N) is 1. The standard InChI is InChI=1S/C13H25NO2S/c1-17-13(8-4-2-5-9-13)11-14-10-6-3-7-12(15)16/h14H,2-11H2,1H3,(H,15,16). The summed E-state index contributed by atoms with van der Waals surface area (Å²) in [6.45, 7) is 2.04. The summed E-state index contributed by atoms with van der Waals surface area (Å²) in [5.74, 6) is -0.683. The highest BCUT2D eigenvalue weighted by atomic mass is 32.2. The maximum absolute atomic E-state index is 10.4. The summed E-state index contributed by atoms with van der Waals surface area (Å²) in [5.41, 5.74) is 0. The van der Waals surface area contributed by atoms with Crippen molar-refractivity contribution in [1.82, 2.24) is 5.32 Å². The zero-order valence-electron chi connectivity index (χ0n) is 10.8. The molecular weight excluding hydrogens is 234 g/mol. The molecule has 1 fully saturated rings. The van der Waals surface area contributed by atoms with Crippen molar-refractivity contribution >= 4 is 17.7 Å². The van der Waals surface area contributed by atoms with Gasteiger partial charge in [0.2, 0.25) is 0 Å². The lowest BCUT2D eigenvalue weighted by Crippen LogP contribution is -2.39. The molecule has 0 aromatic heterocycles. The van der Waals surface area contributed by atoms with Gasteiger partial charge in [-0.3, -0.25) is 4.79 Å². The van der Waals surface area contributed by atoms with Crippen LogP contribution in [0.25, 0.3) is 0 Å². The van der Waals surface area contributed by atoms with E-state index < -0.39 is 5.97 Å². The van der Waals surface area contributed by atoms with Crippen molar-refractivity contribution in [3.05, 3.63) is 0 Å². The fourth-order valence-electron chi connectivity index (χ4n) is 2.49. The number of rotatable bonds is 8. The van der Waals surface area contributed by atoms with Gasteiger partial charge in [0.15, 0.2) is 0 Å². The SMILES string of the molecule is CSC1(CNCCCCC(=O)O)CCCCC1. The molecule has 0 aliphatic heterocycles. The Bertz CT molecular complexity index is 227. The molecule has 1 aliphatic rings. The molecule has 2 N–H and O–H groups in total. The fourth-order valence-corrected chi connectivity index (χ4v) is 3.43. The second kappa shape index (κ2) is 7.98. The second-order valence-corrected chi connectivity index (χ2v) is 6.25. The minimum absolute atomic E-state index is 0.301. The van der Waals surface area contributed by atoms with Crippen molar-refractivity contribution in [2.24, 2.45) is 0 Å². The fraction of sp³-hybridized carbons (Fsp3) is 0.923. The topological polar surface area (TPSA) is 49.3 Å². The summed E-state index contributed by atoms with van der Waals surface area (Å²) < 4.78 is 0.449. The van der Waals surface area contributed by atoms with Crippen LogP contribution >= 0.6 is 11.8 Å². The van der Waals surface area contributed by atoms with Crippen molar-refractivity contribution in [3.63, 3.8) is 0 Å². The Morgan fingerprint density at radius 1 is 1.29 bits per heavy atom. The van der Waals surface area contributed by atoms with E-state index in [1.165, 1.54) is 32.1 Å². The smallest absolute Gasteiger partial charge is 0.303 e. The zero-order chi connectivity index (χ0) is 12.6. The van der Waals surface area contributed by atoms with Crippen LogP contribution in [0.5, 0.6) is 0 Å². The van der Waals surface area contributed by atoms with Gasteiger partial charge in [-0.2, -0.15) is 11.8 Å². The predicted molar refractivity (Wildman–Crippen MR) is 73.7 cm³/mol. The van der Waals surface area contributed by atoms with Crippen LogP contribution in [-0.4, -0.2) is 35.2 Å². The van der Waals surface area contributed by atoms with E-state index in [0.717, 1.165) is 25.9 Å². The van der Waals surface area contributed by atoms with Crippen molar-refractivity contribution in [3.8, 4) is 0 Å². The third-order valence-electron chi connectivity index (χ3n) is 3.64. The first-order valence-corrected chi connectivity index (χ1v) is 7.89. The van der Waals surface area contributed by atoms with Gasteiger partial charge in [-0.25, -0.2) is 0 Å².